The second-order valence-corrected chi connectivity index (χ2v) is 6.23. The Balaban J connectivity index is 2.23. The van der Waals surface area contributed by atoms with Gasteiger partial charge < -0.3 is 9.72 Å². The highest BCUT2D eigenvalue weighted by molar-refractivity contribution is 5.85. The molecule has 2 aromatic heterocycles. The van der Waals surface area contributed by atoms with E-state index in [4.69, 9.17) is 4.74 Å². The number of aryl methyl sites for hydroxylation is 2. The van der Waals surface area contributed by atoms with E-state index < -0.39 is 0 Å². The molecule has 2 heterocycles. The minimum atomic E-state index is 0.143. The number of nitrogens with zero attached hydrogens (tertiary/aromatic N) is 3. The molecule has 0 spiro atoms. The summed E-state index contributed by atoms with van der Waals surface area (Å²) in [5.41, 5.74) is 5.88. The maximum atomic E-state index is 5.40. The van der Waals surface area contributed by atoms with Crippen LogP contribution in [0.1, 0.15) is 28.6 Å². The molecule has 1 atom stereocenters. The highest BCUT2D eigenvalue weighted by Crippen LogP contribution is 2.36. The first-order chi connectivity index (χ1) is 10.9. The van der Waals surface area contributed by atoms with E-state index in [-0.39, 0.29) is 6.04 Å². The van der Waals surface area contributed by atoms with E-state index in [1.165, 1.54) is 22.2 Å². The molecule has 0 radical (unpaired) electrons. The lowest BCUT2D eigenvalue weighted by atomic mass is 9.95. The van der Waals surface area contributed by atoms with Crippen LogP contribution in [0.5, 0.6) is 5.75 Å². The maximum absolute atomic E-state index is 5.40. The Labute approximate surface area is 136 Å². The number of H-pyrrole nitrogens is 1. The molecule has 122 valence electrons. The van der Waals surface area contributed by atoms with E-state index in [0.29, 0.717) is 0 Å². The van der Waals surface area contributed by atoms with Gasteiger partial charge in [0.15, 0.2) is 0 Å². The van der Waals surface area contributed by atoms with Crippen molar-refractivity contribution in [3.63, 3.8) is 0 Å². The summed E-state index contributed by atoms with van der Waals surface area (Å²) < 4.78 is 7.36. The van der Waals surface area contributed by atoms with Crippen molar-refractivity contribution >= 4 is 10.9 Å². The van der Waals surface area contributed by atoms with Gasteiger partial charge >= 0.3 is 0 Å². The van der Waals surface area contributed by atoms with Crippen molar-refractivity contribution in [3.05, 3.63) is 46.9 Å². The molecule has 1 aromatic carbocycles. The molecule has 23 heavy (non-hydrogen) atoms. The molecular weight excluding hydrogens is 288 g/mol. The summed E-state index contributed by atoms with van der Waals surface area (Å²) in [5.74, 6) is 0.871. The molecule has 5 heteroatoms. The number of ether oxygens (including phenoxy) is 1. The molecule has 0 aliphatic carbocycles. The summed E-state index contributed by atoms with van der Waals surface area (Å²) in [6, 6.07) is 6.28. The molecule has 3 aromatic rings. The van der Waals surface area contributed by atoms with Crippen LogP contribution in [0.4, 0.5) is 0 Å². The van der Waals surface area contributed by atoms with Gasteiger partial charge in [-0.05, 0) is 51.7 Å². The number of rotatable bonds is 4. The Morgan fingerprint density at radius 1 is 1.26 bits per heavy atom. The Kier molecular flexibility index (Phi) is 3.90. The summed E-state index contributed by atoms with van der Waals surface area (Å²) >= 11 is 0. The Bertz CT molecular complexity index is 844. The van der Waals surface area contributed by atoms with Gasteiger partial charge in [-0.15, -0.1) is 0 Å². The van der Waals surface area contributed by atoms with Crippen molar-refractivity contribution in [2.45, 2.75) is 19.9 Å². The molecule has 0 saturated heterocycles. The molecule has 1 N–H and O–H groups in total. The van der Waals surface area contributed by atoms with Crippen molar-refractivity contribution in [1.29, 1.82) is 0 Å². The van der Waals surface area contributed by atoms with Crippen molar-refractivity contribution in [2.24, 2.45) is 7.05 Å². The number of fused-ring (bicyclic) bond motifs is 1. The third-order valence-electron chi connectivity index (χ3n) is 4.57. The number of aromatic nitrogens is 3. The average molecular weight is 312 g/mol. The zero-order valence-corrected chi connectivity index (χ0v) is 14.6. The van der Waals surface area contributed by atoms with Crippen LogP contribution in [0.3, 0.4) is 0 Å². The zero-order valence-electron chi connectivity index (χ0n) is 14.6. The van der Waals surface area contributed by atoms with Gasteiger partial charge in [0.2, 0.25) is 0 Å². The molecule has 0 amide bonds. The Morgan fingerprint density at radius 2 is 2.00 bits per heavy atom. The van der Waals surface area contributed by atoms with E-state index in [1.807, 2.05) is 17.8 Å². The van der Waals surface area contributed by atoms with E-state index in [2.05, 4.69) is 61.3 Å². The summed E-state index contributed by atoms with van der Waals surface area (Å²) in [4.78, 5) is 5.62. The van der Waals surface area contributed by atoms with Crippen LogP contribution < -0.4 is 4.74 Å². The maximum Gasteiger partial charge on any atom is 0.119 e. The molecule has 1 unspecified atom stereocenters. The second-order valence-electron chi connectivity index (χ2n) is 6.23. The summed E-state index contributed by atoms with van der Waals surface area (Å²) in [5, 5.41) is 5.78. The number of nitrogens with one attached hydrogen (secondary N) is 1. The minimum Gasteiger partial charge on any atom is -0.497 e. The Morgan fingerprint density at radius 3 is 2.57 bits per heavy atom. The highest BCUT2D eigenvalue weighted by atomic mass is 16.5. The summed E-state index contributed by atoms with van der Waals surface area (Å²) in [7, 11) is 7.91. The lowest BCUT2D eigenvalue weighted by molar-refractivity contribution is 0.341. The number of aromatic amines is 1. The van der Waals surface area contributed by atoms with Gasteiger partial charge in [-0.3, -0.25) is 9.58 Å². The van der Waals surface area contributed by atoms with Crippen molar-refractivity contribution in [2.75, 3.05) is 21.2 Å². The van der Waals surface area contributed by atoms with Crippen LogP contribution in [-0.2, 0) is 7.05 Å². The fourth-order valence-corrected chi connectivity index (χ4v) is 3.35. The predicted octanol–water partition coefficient (Wildman–Crippen LogP) is 3.18. The van der Waals surface area contributed by atoms with Gasteiger partial charge in [0.1, 0.15) is 5.75 Å². The quantitative estimate of drug-likeness (QED) is 0.805. The normalized spacial score (nSPS) is 13.0. The van der Waals surface area contributed by atoms with E-state index in [0.717, 1.165) is 17.0 Å². The number of hydrogen-bond donors (Lipinski definition) is 1. The third kappa shape index (κ3) is 2.51. The van der Waals surface area contributed by atoms with Crippen molar-refractivity contribution < 1.29 is 4.74 Å². The first-order valence-electron chi connectivity index (χ1n) is 7.75. The van der Waals surface area contributed by atoms with Gasteiger partial charge in [-0.1, -0.05) is 0 Å². The monoisotopic (exact) mass is 312 g/mol. The molecular formula is C18H24N4O. The van der Waals surface area contributed by atoms with Crippen LogP contribution in [0, 0.1) is 13.8 Å². The molecule has 0 aliphatic rings. The summed E-state index contributed by atoms with van der Waals surface area (Å²) in [6.07, 6.45) is 2.10. The molecule has 0 aliphatic heterocycles. The standard InChI is InChI=1S/C18H24N4O/c1-11-17(12(2)22(5)20-11)18(21(3)4)15-10-19-16-8-7-13(23-6)9-14(15)16/h7-10,18-19H,1-6H3. The topological polar surface area (TPSA) is 46.1 Å². The lowest BCUT2D eigenvalue weighted by Crippen LogP contribution is -2.22. The smallest absolute Gasteiger partial charge is 0.119 e. The SMILES string of the molecule is COc1ccc2[nH]cc(C(c3c(C)nn(C)c3C)N(C)C)c2c1. The molecule has 0 saturated carbocycles. The van der Waals surface area contributed by atoms with Crippen LogP contribution in [-0.4, -0.2) is 40.9 Å². The van der Waals surface area contributed by atoms with E-state index in [1.54, 1.807) is 7.11 Å². The molecule has 0 bridgehead atoms. The van der Waals surface area contributed by atoms with Crippen molar-refractivity contribution in [3.8, 4) is 5.75 Å². The number of hydrogen-bond acceptors (Lipinski definition) is 3. The summed E-state index contributed by atoms with van der Waals surface area (Å²) in [6.45, 7) is 4.20. The second kappa shape index (κ2) is 5.74. The van der Waals surface area contributed by atoms with Crippen molar-refractivity contribution in [1.82, 2.24) is 19.7 Å². The van der Waals surface area contributed by atoms with Crippen LogP contribution in [0.15, 0.2) is 24.4 Å². The van der Waals surface area contributed by atoms with Crippen LogP contribution >= 0.6 is 0 Å². The van der Waals surface area contributed by atoms with E-state index >= 15 is 0 Å². The van der Waals surface area contributed by atoms with Gasteiger partial charge in [0, 0.05) is 35.4 Å². The van der Waals surface area contributed by atoms with Crippen LogP contribution in [0.25, 0.3) is 10.9 Å². The van der Waals surface area contributed by atoms with Gasteiger partial charge in [-0.25, -0.2) is 0 Å². The highest BCUT2D eigenvalue weighted by Gasteiger charge is 2.26. The third-order valence-corrected chi connectivity index (χ3v) is 4.57. The fraction of sp³-hybridized carbons (Fsp3) is 0.389. The predicted molar refractivity (Wildman–Crippen MR) is 93.1 cm³/mol. The fourth-order valence-electron chi connectivity index (χ4n) is 3.35. The lowest BCUT2D eigenvalue weighted by Gasteiger charge is -2.25. The van der Waals surface area contributed by atoms with Crippen LogP contribution in [0.2, 0.25) is 0 Å². The minimum absolute atomic E-state index is 0.143. The van der Waals surface area contributed by atoms with Gasteiger partial charge in [0.05, 0.1) is 18.8 Å². The van der Waals surface area contributed by atoms with Gasteiger partial charge in [0.25, 0.3) is 0 Å². The van der Waals surface area contributed by atoms with E-state index in [9.17, 15) is 0 Å². The number of methoxy groups -OCH3 is 1. The zero-order chi connectivity index (χ0) is 16.7. The molecule has 5 nitrogen and oxygen atoms in total. The largest absolute Gasteiger partial charge is 0.497 e. The average Bonchev–Trinajstić information content (AvgIpc) is 3.03. The first kappa shape index (κ1) is 15.6. The van der Waals surface area contributed by atoms with Gasteiger partial charge in [-0.2, -0.15) is 5.10 Å². The number of benzene rings is 1. The molecule has 0 fully saturated rings. The first-order valence-corrected chi connectivity index (χ1v) is 7.75. The molecule has 3 rings (SSSR count). The Hall–Kier alpha value is -2.27.